The fraction of sp³-hybridized carbons (Fsp3) is 0.273. The van der Waals surface area contributed by atoms with Gasteiger partial charge in [-0.1, -0.05) is 44.0 Å². The topological polar surface area (TPSA) is 9.23 Å². The van der Waals surface area contributed by atoms with Crippen molar-refractivity contribution in [3.63, 3.8) is 0 Å². The van der Waals surface area contributed by atoms with E-state index in [1.807, 2.05) is 23.5 Å². The maximum Gasteiger partial charge on any atom is 0.118 e. The Kier molecular flexibility index (Phi) is 5.71. The highest BCUT2D eigenvalue weighted by atomic mass is 32.1. The number of unbranched alkanes of at least 4 members (excludes halogenated alkanes) is 2. The molecule has 0 saturated heterocycles. The van der Waals surface area contributed by atoms with Gasteiger partial charge in [-0.25, -0.2) is 0 Å². The normalized spacial score (nSPS) is 10.8. The lowest BCUT2D eigenvalue weighted by atomic mass is 10.0. The van der Waals surface area contributed by atoms with Crippen molar-refractivity contribution in [3.8, 4) is 26.6 Å². The van der Waals surface area contributed by atoms with Gasteiger partial charge in [-0.3, -0.25) is 0 Å². The lowest BCUT2D eigenvalue weighted by molar-refractivity contribution is 0.415. The summed E-state index contributed by atoms with van der Waals surface area (Å²) in [6.45, 7) is 2.25. The van der Waals surface area contributed by atoms with Gasteiger partial charge in [0, 0.05) is 9.75 Å². The van der Waals surface area contributed by atoms with E-state index >= 15 is 0 Å². The van der Waals surface area contributed by atoms with Gasteiger partial charge in [-0.15, -0.1) is 11.3 Å². The number of methoxy groups -OCH3 is 1. The molecule has 124 valence electrons. The molecule has 3 aromatic rings. The van der Waals surface area contributed by atoms with Crippen molar-refractivity contribution in [1.82, 2.24) is 0 Å². The average molecular weight is 336 g/mol. The molecule has 0 saturated carbocycles. The van der Waals surface area contributed by atoms with Crippen LogP contribution in [0.3, 0.4) is 0 Å². The molecule has 0 atom stereocenters. The molecule has 24 heavy (non-hydrogen) atoms. The van der Waals surface area contributed by atoms with Crippen molar-refractivity contribution in [2.75, 3.05) is 7.11 Å². The standard InChI is InChI=1S/C22H24OS/c1-3-4-5-6-17-7-9-18(10-8-17)21-15-16-22(24-21)19-11-13-20(23-2)14-12-19/h7-16H,3-6H2,1-2H3. The fourth-order valence-electron chi connectivity index (χ4n) is 2.82. The van der Waals surface area contributed by atoms with Crippen LogP contribution in [0.15, 0.2) is 60.7 Å². The van der Waals surface area contributed by atoms with Crippen LogP contribution in [0.25, 0.3) is 20.9 Å². The van der Waals surface area contributed by atoms with E-state index in [0.717, 1.165) is 5.75 Å². The van der Waals surface area contributed by atoms with Gasteiger partial charge >= 0.3 is 0 Å². The first kappa shape index (κ1) is 16.8. The quantitative estimate of drug-likeness (QED) is 0.430. The molecule has 2 heteroatoms. The Balaban J connectivity index is 1.72. The zero-order chi connectivity index (χ0) is 16.8. The van der Waals surface area contributed by atoms with Crippen molar-refractivity contribution in [2.24, 2.45) is 0 Å². The fourth-order valence-corrected chi connectivity index (χ4v) is 3.84. The minimum atomic E-state index is 0.897. The number of hydrogen-bond donors (Lipinski definition) is 0. The Morgan fingerprint density at radius 3 is 1.88 bits per heavy atom. The molecular formula is C22H24OS. The Hall–Kier alpha value is -2.06. The first-order chi connectivity index (χ1) is 11.8. The number of hydrogen-bond acceptors (Lipinski definition) is 2. The second-order valence-electron chi connectivity index (χ2n) is 6.05. The summed E-state index contributed by atoms with van der Waals surface area (Å²) in [6, 6.07) is 21.7. The molecule has 0 N–H and O–H groups in total. The molecule has 2 aromatic carbocycles. The third-order valence-electron chi connectivity index (χ3n) is 4.29. The predicted octanol–water partition coefficient (Wildman–Crippen LogP) is 6.82. The summed E-state index contributed by atoms with van der Waals surface area (Å²) in [5, 5.41) is 0. The zero-order valence-corrected chi connectivity index (χ0v) is 15.2. The third-order valence-corrected chi connectivity index (χ3v) is 5.47. The van der Waals surface area contributed by atoms with Crippen LogP contribution in [0.5, 0.6) is 5.75 Å². The van der Waals surface area contributed by atoms with Gasteiger partial charge in [0.25, 0.3) is 0 Å². The molecule has 1 nitrogen and oxygen atoms in total. The lowest BCUT2D eigenvalue weighted by Gasteiger charge is -2.03. The third kappa shape index (κ3) is 4.07. The highest BCUT2D eigenvalue weighted by Gasteiger charge is 2.05. The van der Waals surface area contributed by atoms with Gasteiger partial charge in [0.15, 0.2) is 0 Å². The number of thiophene rings is 1. The van der Waals surface area contributed by atoms with Crippen LogP contribution in [0, 0.1) is 0 Å². The summed E-state index contributed by atoms with van der Waals surface area (Å²) in [4.78, 5) is 2.61. The molecule has 1 aromatic heterocycles. The number of benzene rings is 2. The van der Waals surface area contributed by atoms with Gasteiger partial charge in [-0.2, -0.15) is 0 Å². The maximum absolute atomic E-state index is 5.23. The molecule has 0 unspecified atom stereocenters. The van der Waals surface area contributed by atoms with Crippen molar-refractivity contribution in [3.05, 3.63) is 66.2 Å². The minimum absolute atomic E-state index is 0.897. The largest absolute Gasteiger partial charge is 0.497 e. The van der Waals surface area contributed by atoms with E-state index in [9.17, 15) is 0 Å². The van der Waals surface area contributed by atoms with E-state index in [1.165, 1.54) is 52.1 Å². The summed E-state index contributed by atoms with van der Waals surface area (Å²) in [5.74, 6) is 0.897. The van der Waals surface area contributed by atoms with Gasteiger partial charge in [-0.05, 0) is 65.9 Å². The van der Waals surface area contributed by atoms with Crippen LogP contribution in [0.4, 0.5) is 0 Å². The second-order valence-corrected chi connectivity index (χ2v) is 7.13. The van der Waals surface area contributed by atoms with Gasteiger partial charge in [0.1, 0.15) is 5.75 Å². The average Bonchev–Trinajstić information content (AvgIpc) is 3.13. The first-order valence-corrected chi connectivity index (χ1v) is 9.45. The molecule has 0 spiro atoms. The van der Waals surface area contributed by atoms with Gasteiger partial charge in [0.2, 0.25) is 0 Å². The lowest BCUT2D eigenvalue weighted by Crippen LogP contribution is -1.85. The summed E-state index contributed by atoms with van der Waals surface area (Å²) >= 11 is 1.84. The van der Waals surface area contributed by atoms with Crippen LogP contribution < -0.4 is 4.74 Å². The van der Waals surface area contributed by atoms with Crippen molar-refractivity contribution in [2.45, 2.75) is 32.6 Å². The summed E-state index contributed by atoms with van der Waals surface area (Å²) < 4.78 is 5.23. The molecular weight excluding hydrogens is 312 g/mol. The SMILES string of the molecule is CCCCCc1ccc(-c2ccc(-c3ccc(OC)cc3)s2)cc1. The summed E-state index contributed by atoms with van der Waals surface area (Å²) in [5.41, 5.74) is 3.99. The van der Waals surface area contributed by atoms with Gasteiger partial charge in [0.05, 0.1) is 7.11 Å². The zero-order valence-electron chi connectivity index (χ0n) is 14.4. The molecule has 0 bridgehead atoms. The first-order valence-electron chi connectivity index (χ1n) is 8.63. The molecule has 0 aliphatic rings. The molecule has 0 fully saturated rings. The van der Waals surface area contributed by atoms with E-state index < -0.39 is 0 Å². The molecule has 1 heterocycles. The van der Waals surface area contributed by atoms with E-state index in [-0.39, 0.29) is 0 Å². The highest BCUT2D eigenvalue weighted by Crippen LogP contribution is 2.35. The van der Waals surface area contributed by atoms with E-state index in [2.05, 4.69) is 55.5 Å². The van der Waals surface area contributed by atoms with Crippen molar-refractivity contribution < 1.29 is 4.74 Å². The highest BCUT2D eigenvalue weighted by molar-refractivity contribution is 7.18. The number of ether oxygens (including phenoxy) is 1. The van der Waals surface area contributed by atoms with Crippen LogP contribution in [0.1, 0.15) is 31.7 Å². The Bertz CT molecular complexity index is 753. The monoisotopic (exact) mass is 336 g/mol. The molecule has 0 aliphatic carbocycles. The Morgan fingerprint density at radius 2 is 1.33 bits per heavy atom. The van der Waals surface area contributed by atoms with Crippen LogP contribution in [-0.4, -0.2) is 7.11 Å². The van der Waals surface area contributed by atoms with E-state index in [4.69, 9.17) is 4.74 Å². The van der Waals surface area contributed by atoms with Crippen molar-refractivity contribution >= 4 is 11.3 Å². The Labute approximate surface area is 148 Å². The minimum Gasteiger partial charge on any atom is -0.497 e. The maximum atomic E-state index is 5.23. The van der Waals surface area contributed by atoms with Gasteiger partial charge < -0.3 is 4.74 Å². The van der Waals surface area contributed by atoms with E-state index in [0.29, 0.717) is 0 Å². The van der Waals surface area contributed by atoms with E-state index in [1.54, 1.807) is 7.11 Å². The predicted molar refractivity (Wildman–Crippen MR) is 105 cm³/mol. The summed E-state index contributed by atoms with van der Waals surface area (Å²) in [6.07, 6.45) is 5.07. The number of aryl methyl sites for hydroxylation is 1. The summed E-state index contributed by atoms with van der Waals surface area (Å²) in [7, 11) is 1.70. The van der Waals surface area contributed by atoms with Crippen molar-refractivity contribution in [1.29, 1.82) is 0 Å². The van der Waals surface area contributed by atoms with Crippen LogP contribution in [0.2, 0.25) is 0 Å². The molecule has 0 radical (unpaired) electrons. The number of rotatable bonds is 7. The molecule has 3 rings (SSSR count). The van der Waals surface area contributed by atoms with Crippen LogP contribution in [-0.2, 0) is 6.42 Å². The molecule has 0 aliphatic heterocycles. The second kappa shape index (κ2) is 8.16. The smallest absolute Gasteiger partial charge is 0.118 e. The Morgan fingerprint density at radius 1 is 0.750 bits per heavy atom. The van der Waals surface area contributed by atoms with Crippen LogP contribution >= 0.6 is 11.3 Å². The molecule has 0 amide bonds.